The normalized spacial score (nSPS) is 10.6. The molecule has 1 aromatic carbocycles. The van der Waals surface area contributed by atoms with E-state index in [-0.39, 0.29) is 30.2 Å². The van der Waals surface area contributed by atoms with Gasteiger partial charge in [0.2, 0.25) is 0 Å². The highest BCUT2D eigenvalue weighted by Crippen LogP contribution is 2.23. The van der Waals surface area contributed by atoms with Gasteiger partial charge in [-0.05, 0) is 25.3 Å². The molecule has 0 spiro atoms. The Hall–Kier alpha value is -3.96. The zero-order valence-electron chi connectivity index (χ0n) is 18.8. The summed E-state index contributed by atoms with van der Waals surface area (Å²) in [5.41, 5.74) is 3.95. The summed E-state index contributed by atoms with van der Waals surface area (Å²) < 4.78 is 6.23. The lowest BCUT2D eigenvalue weighted by molar-refractivity contribution is -0.385. The number of nitrogens with zero attached hydrogens (tertiary/aromatic N) is 3. The van der Waals surface area contributed by atoms with Crippen LogP contribution in [0.25, 0.3) is 0 Å². The second kappa shape index (κ2) is 11.1. The third-order valence-corrected chi connectivity index (χ3v) is 4.95. The molecule has 0 atom stereocenters. The van der Waals surface area contributed by atoms with E-state index in [0.717, 1.165) is 15.5 Å². The van der Waals surface area contributed by atoms with Gasteiger partial charge in [0, 0.05) is 19.2 Å². The number of hydrogen-bond donors (Lipinski definition) is 2. The molecule has 0 radical (unpaired) electrons. The van der Waals surface area contributed by atoms with Crippen LogP contribution in [0.1, 0.15) is 49.0 Å². The van der Waals surface area contributed by atoms with Gasteiger partial charge in [0.1, 0.15) is 11.4 Å². The fraction of sp³-hybridized carbons (Fsp3) is 0.429. The molecule has 33 heavy (non-hydrogen) atoms. The quantitative estimate of drug-likeness (QED) is 0.306. The number of nitro benzene ring substituents is 1. The number of nitro groups is 1. The van der Waals surface area contributed by atoms with E-state index >= 15 is 0 Å². The first-order valence-corrected chi connectivity index (χ1v) is 10.5. The highest BCUT2D eigenvalue weighted by atomic mass is 16.6. The number of benzene rings is 1. The molecule has 0 unspecified atom stereocenters. The SMILES string of the molecule is CCCCN(C(=O)COC(=O)c1c(C)cccc1[N+](=O)[O-])c1c(N)n(CCC)c(=O)[nH]c1=O. The third kappa shape index (κ3) is 5.64. The van der Waals surface area contributed by atoms with Gasteiger partial charge in [0.05, 0.1) is 4.92 Å². The van der Waals surface area contributed by atoms with Crippen molar-refractivity contribution in [3.8, 4) is 0 Å². The van der Waals surface area contributed by atoms with Crippen molar-refractivity contribution in [3.63, 3.8) is 0 Å². The minimum absolute atomic E-state index is 0.0923. The van der Waals surface area contributed by atoms with Gasteiger partial charge < -0.3 is 15.4 Å². The molecule has 0 aliphatic rings. The molecule has 2 rings (SSSR count). The Morgan fingerprint density at radius 3 is 2.55 bits per heavy atom. The number of anilines is 2. The van der Waals surface area contributed by atoms with Crippen LogP contribution in [0.4, 0.5) is 17.2 Å². The predicted octanol–water partition coefficient (Wildman–Crippen LogP) is 1.74. The fourth-order valence-corrected chi connectivity index (χ4v) is 3.31. The topological polar surface area (TPSA) is 171 Å². The Labute approximate surface area is 189 Å². The van der Waals surface area contributed by atoms with E-state index in [9.17, 15) is 29.3 Å². The summed E-state index contributed by atoms with van der Waals surface area (Å²) in [6.45, 7) is 4.76. The highest BCUT2D eigenvalue weighted by molar-refractivity contribution is 6.00. The molecule has 12 heteroatoms. The second-order valence-electron chi connectivity index (χ2n) is 7.35. The summed E-state index contributed by atoms with van der Waals surface area (Å²) in [5, 5.41) is 11.3. The third-order valence-electron chi connectivity index (χ3n) is 4.95. The van der Waals surface area contributed by atoms with Crippen LogP contribution >= 0.6 is 0 Å². The first kappa shape index (κ1) is 25.3. The molecule has 1 heterocycles. The molecule has 1 amide bonds. The number of aromatic amines is 1. The van der Waals surface area contributed by atoms with E-state index in [1.807, 2.05) is 13.8 Å². The average molecular weight is 461 g/mol. The van der Waals surface area contributed by atoms with Crippen LogP contribution in [-0.2, 0) is 16.1 Å². The monoisotopic (exact) mass is 461 g/mol. The largest absolute Gasteiger partial charge is 0.452 e. The molecule has 178 valence electrons. The molecule has 0 bridgehead atoms. The molecule has 12 nitrogen and oxygen atoms in total. The number of unbranched alkanes of at least 4 members (excludes halogenated alkanes) is 1. The van der Waals surface area contributed by atoms with Crippen LogP contribution in [-0.4, -0.2) is 39.5 Å². The lowest BCUT2D eigenvalue weighted by Gasteiger charge is -2.24. The first-order chi connectivity index (χ1) is 15.6. The van der Waals surface area contributed by atoms with Crippen molar-refractivity contribution in [1.82, 2.24) is 9.55 Å². The van der Waals surface area contributed by atoms with Gasteiger partial charge in [-0.15, -0.1) is 0 Å². The van der Waals surface area contributed by atoms with Gasteiger partial charge >= 0.3 is 11.7 Å². The molecular weight excluding hydrogens is 434 g/mol. The maximum absolute atomic E-state index is 13.0. The van der Waals surface area contributed by atoms with E-state index in [4.69, 9.17) is 10.5 Å². The Morgan fingerprint density at radius 1 is 1.24 bits per heavy atom. The van der Waals surface area contributed by atoms with Crippen LogP contribution in [0.3, 0.4) is 0 Å². The number of carbonyl (C=O) groups excluding carboxylic acids is 2. The lowest BCUT2D eigenvalue weighted by Crippen LogP contribution is -2.43. The van der Waals surface area contributed by atoms with E-state index in [1.54, 1.807) is 0 Å². The van der Waals surface area contributed by atoms with Gasteiger partial charge in [-0.1, -0.05) is 32.4 Å². The number of nitrogens with one attached hydrogen (secondary N) is 1. The number of hydrogen-bond acceptors (Lipinski definition) is 8. The number of nitrogens with two attached hydrogens (primary N) is 1. The van der Waals surface area contributed by atoms with Gasteiger partial charge in [-0.3, -0.25) is 29.3 Å². The maximum Gasteiger partial charge on any atom is 0.345 e. The van der Waals surface area contributed by atoms with Crippen LogP contribution < -0.4 is 21.9 Å². The molecule has 1 aromatic heterocycles. The predicted molar refractivity (Wildman–Crippen MR) is 121 cm³/mol. The number of amides is 1. The zero-order chi connectivity index (χ0) is 24.7. The smallest absolute Gasteiger partial charge is 0.345 e. The molecule has 0 aliphatic heterocycles. The zero-order valence-corrected chi connectivity index (χ0v) is 18.8. The summed E-state index contributed by atoms with van der Waals surface area (Å²) in [6.07, 6.45) is 1.76. The Bertz CT molecular complexity index is 1170. The molecule has 3 N–H and O–H groups in total. The number of esters is 1. The summed E-state index contributed by atoms with van der Waals surface area (Å²) in [5.74, 6) is -1.97. The van der Waals surface area contributed by atoms with Gasteiger partial charge in [0.25, 0.3) is 17.2 Å². The van der Waals surface area contributed by atoms with Crippen molar-refractivity contribution in [2.45, 2.75) is 46.6 Å². The molecule has 0 saturated carbocycles. The van der Waals surface area contributed by atoms with Gasteiger partial charge in [0.15, 0.2) is 12.3 Å². The number of carbonyl (C=O) groups is 2. The molecule has 0 fully saturated rings. The van der Waals surface area contributed by atoms with E-state index in [0.29, 0.717) is 24.8 Å². The minimum atomic E-state index is -1.04. The summed E-state index contributed by atoms with van der Waals surface area (Å²) >= 11 is 0. The number of nitrogen functional groups attached to an aromatic ring is 1. The Kier molecular flexibility index (Phi) is 8.49. The first-order valence-electron chi connectivity index (χ1n) is 10.5. The maximum atomic E-state index is 13.0. The van der Waals surface area contributed by atoms with Crippen molar-refractivity contribution in [2.24, 2.45) is 0 Å². The van der Waals surface area contributed by atoms with Gasteiger partial charge in [-0.2, -0.15) is 0 Å². The van der Waals surface area contributed by atoms with Crippen LogP contribution in [0.2, 0.25) is 0 Å². The van der Waals surface area contributed by atoms with Crippen LogP contribution in [0.5, 0.6) is 0 Å². The highest BCUT2D eigenvalue weighted by Gasteiger charge is 2.27. The van der Waals surface area contributed by atoms with Crippen molar-refractivity contribution >= 4 is 29.1 Å². The molecular formula is C21H27N5O7. The Morgan fingerprint density at radius 2 is 1.94 bits per heavy atom. The number of aryl methyl sites for hydroxylation is 1. The van der Waals surface area contributed by atoms with Gasteiger partial charge in [-0.25, -0.2) is 9.59 Å². The fourth-order valence-electron chi connectivity index (χ4n) is 3.31. The number of aromatic nitrogens is 2. The van der Waals surface area contributed by atoms with Crippen LogP contribution in [0.15, 0.2) is 27.8 Å². The summed E-state index contributed by atoms with van der Waals surface area (Å²) in [6, 6.07) is 4.11. The van der Waals surface area contributed by atoms with E-state index in [1.165, 1.54) is 19.1 Å². The Balaban J connectivity index is 2.37. The lowest BCUT2D eigenvalue weighted by atomic mass is 10.1. The standard InChI is InChI=1S/C21H27N5O7/c1-4-6-11-24(17-18(22)25(10-5-2)21(30)23-19(17)28)15(27)12-33-20(29)16-13(3)8-7-9-14(16)26(31)32/h7-9H,4-6,10-12,22H2,1-3H3,(H,23,28,30). The summed E-state index contributed by atoms with van der Waals surface area (Å²) in [7, 11) is 0. The minimum Gasteiger partial charge on any atom is -0.452 e. The second-order valence-corrected chi connectivity index (χ2v) is 7.35. The number of ether oxygens (including phenoxy) is 1. The molecule has 0 aliphatic carbocycles. The number of rotatable bonds is 10. The van der Waals surface area contributed by atoms with E-state index < -0.39 is 40.3 Å². The van der Waals surface area contributed by atoms with E-state index in [2.05, 4.69) is 4.98 Å². The number of H-pyrrole nitrogens is 1. The summed E-state index contributed by atoms with van der Waals surface area (Å²) in [4.78, 5) is 63.9. The average Bonchev–Trinajstić information content (AvgIpc) is 2.76. The molecule has 0 saturated heterocycles. The van der Waals surface area contributed by atoms with Crippen molar-refractivity contribution in [2.75, 3.05) is 23.8 Å². The molecule has 2 aromatic rings. The van der Waals surface area contributed by atoms with Crippen molar-refractivity contribution in [3.05, 3.63) is 60.3 Å². The van der Waals surface area contributed by atoms with Crippen molar-refractivity contribution in [1.29, 1.82) is 0 Å². The van der Waals surface area contributed by atoms with Crippen molar-refractivity contribution < 1.29 is 19.2 Å². The van der Waals surface area contributed by atoms with Crippen LogP contribution in [0, 0.1) is 17.0 Å².